The first-order chi connectivity index (χ1) is 17.6. The van der Waals surface area contributed by atoms with Crippen LogP contribution in [0.25, 0.3) is 16.9 Å². The Morgan fingerprint density at radius 2 is 1.44 bits per heavy atom. The molecule has 2 aliphatic heterocycles. The van der Waals surface area contributed by atoms with Crippen LogP contribution in [0.15, 0.2) is 44.8 Å². The highest BCUT2D eigenvalue weighted by Crippen LogP contribution is 2.42. The maximum atomic E-state index is 13.9. The fraction of sp³-hybridized carbons (Fsp3) is 0.593. The summed E-state index contributed by atoms with van der Waals surface area (Å²) in [5.41, 5.74) is -0.277. The molecule has 2 aromatic heterocycles. The zero-order valence-corrected chi connectivity index (χ0v) is 20.6. The van der Waals surface area contributed by atoms with Gasteiger partial charge in [0.15, 0.2) is 0 Å². The number of aromatic nitrogens is 5. The molecule has 6 rings (SSSR count). The van der Waals surface area contributed by atoms with Crippen molar-refractivity contribution in [2.24, 2.45) is 0 Å². The van der Waals surface area contributed by atoms with E-state index in [2.05, 4.69) is 20.0 Å². The molecule has 0 radical (unpaired) electrons. The molecular weight excluding hydrogens is 456 g/mol. The average Bonchev–Trinajstić information content (AvgIpc) is 2.83. The Labute approximate surface area is 209 Å². The van der Waals surface area contributed by atoms with Crippen LogP contribution in [-0.4, -0.2) is 47.3 Å². The minimum Gasteiger partial charge on any atom is -0.300 e. The van der Waals surface area contributed by atoms with Gasteiger partial charge in [-0.1, -0.05) is 50.7 Å². The summed E-state index contributed by atoms with van der Waals surface area (Å²) in [6.45, 7) is 0. The molecule has 3 fully saturated rings. The minimum atomic E-state index is -0.759. The molecule has 0 spiro atoms. The molecule has 1 saturated carbocycles. The summed E-state index contributed by atoms with van der Waals surface area (Å²) >= 11 is 0. The zero-order valence-electron chi connectivity index (χ0n) is 20.6. The first-order valence-corrected chi connectivity index (χ1v) is 13.6. The van der Waals surface area contributed by atoms with Gasteiger partial charge in [0.25, 0.3) is 11.1 Å². The van der Waals surface area contributed by atoms with Gasteiger partial charge in [-0.15, -0.1) is 0 Å². The third kappa shape index (κ3) is 4.23. The van der Waals surface area contributed by atoms with Crippen molar-refractivity contribution in [1.82, 2.24) is 29.2 Å². The van der Waals surface area contributed by atoms with Crippen molar-refractivity contribution in [2.75, 3.05) is 0 Å². The molecule has 3 aromatic rings. The van der Waals surface area contributed by atoms with Crippen LogP contribution in [0.1, 0.15) is 83.1 Å². The smallest absolute Gasteiger partial charge is 0.300 e. The molecule has 2 bridgehead atoms. The number of hydrogen-bond acceptors (Lipinski definition) is 6. The van der Waals surface area contributed by atoms with Crippen molar-refractivity contribution in [2.45, 2.75) is 101 Å². The van der Waals surface area contributed by atoms with Crippen molar-refractivity contribution < 1.29 is 0 Å². The summed E-state index contributed by atoms with van der Waals surface area (Å²) in [5, 5.41) is 3.93. The van der Waals surface area contributed by atoms with E-state index in [0.717, 1.165) is 29.2 Å². The predicted molar refractivity (Wildman–Crippen MR) is 138 cm³/mol. The van der Waals surface area contributed by atoms with E-state index < -0.39 is 11.2 Å². The van der Waals surface area contributed by atoms with E-state index in [9.17, 15) is 14.4 Å². The Balaban J connectivity index is 1.41. The predicted octanol–water partition coefficient (Wildman–Crippen LogP) is 3.30. The van der Waals surface area contributed by atoms with E-state index in [-0.39, 0.29) is 17.4 Å². The quantitative estimate of drug-likeness (QED) is 0.604. The van der Waals surface area contributed by atoms with Gasteiger partial charge in [-0.25, -0.2) is 9.78 Å². The number of benzene rings is 1. The van der Waals surface area contributed by atoms with Gasteiger partial charge < -0.3 is 4.57 Å². The van der Waals surface area contributed by atoms with Crippen LogP contribution in [0.3, 0.4) is 0 Å². The van der Waals surface area contributed by atoms with Crippen molar-refractivity contribution in [3.8, 4) is 5.82 Å². The number of nitrogens with one attached hydrogen (secondary N) is 1. The number of aromatic amines is 1. The summed E-state index contributed by atoms with van der Waals surface area (Å²) < 4.78 is 2.77. The van der Waals surface area contributed by atoms with Crippen molar-refractivity contribution >= 4 is 11.0 Å². The maximum Gasteiger partial charge on any atom is 0.351 e. The molecule has 9 heteroatoms. The summed E-state index contributed by atoms with van der Waals surface area (Å²) in [6, 6.07) is 9.24. The van der Waals surface area contributed by atoms with E-state index in [1.807, 2.05) is 28.8 Å². The molecule has 36 heavy (non-hydrogen) atoms. The molecule has 190 valence electrons. The number of hydrogen-bond donors (Lipinski definition) is 1. The van der Waals surface area contributed by atoms with Gasteiger partial charge in [0.1, 0.15) is 6.20 Å². The van der Waals surface area contributed by atoms with Crippen molar-refractivity contribution in [3.05, 3.63) is 61.7 Å². The van der Waals surface area contributed by atoms with Crippen LogP contribution in [0, 0.1) is 0 Å². The van der Waals surface area contributed by atoms with E-state index in [1.165, 1.54) is 64.2 Å². The Morgan fingerprint density at radius 3 is 2.17 bits per heavy atom. The highest BCUT2D eigenvalue weighted by molar-refractivity contribution is 5.75. The Morgan fingerprint density at radius 1 is 0.778 bits per heavy atom. The number of nitrogens with zero attached hydrogens (tertiary/aromatic N) is 5. The van der Waals surface area contributed by atoms with E-state index in [0.29, 0.717) is 23.6 Å². The lowest BCUT2D eigenvalue weighted by Crippen LogP contribution is -2.57. The van der Waals surface area contributed by atoms with Crippen LogP contribution >= 0.6 is 0 Å². The van der Waals surface area contributed by atoms with Crippen LogP contribution in [0.5, 0.6) is 0 Å². The molecule has 2 saturated heterocycles. The molecule has 2 atom stereocenters. The number of H-pyrrole nitrogens is 1. The highest BCUT2D eigenvalue weighted by atomic mass is 16.2. The molecular formula is C27H34N6O3. The van der Waals surface area contributed by atoms with E-state index in [1.54, 1.807) is 0 Å². The average molecular weight is 491 g/mol. The minimum absolute atomic E-state index is 0.0303. The van der Waals surface area contributed by atoms with E-state index >= 15 is 0 Å². The molecule has 0 amide bonds. The second-order valence-corrected chi connectivity index (χ2v) is 10.8. The molecule has 2 unspecified atom stereocenters. The lowest BCUT2D eigenvalue weighted by Gasteiger charge is -2.53. The van der Waals surface area contributed by atoms with Gasteiger partial charge in [-0.05, 0) is 50.7 Å². The molecule has 1 aromatic carbocycles. The zero-order chi connectivity index (χ0) is 24.6. The first-order valence-electron chi connectivity index (χ1n) is 13.6. The summed E-state index contributed by atoms with van der Waals surface area (Å²) in [7, 11) is 0. The van der Waals surface area contributed by atoms with Gasteiger partial charge in [0.2, 0.25) is 5.82 Å². The molecule has 1 N–H and O–H groups in total. The SMILES string of the molecule is O=c1cnn(-c2nc3ccccc3n(C3CC4CCCC(C3)N4C3CCCCCCC3)c2=O)c(=O)[nH]1. The second kappa shape index (κ2) is 9.76. The largest absolute Gasteiger partial charge is 0.351 e. The fourth-order valence-corrected chi connectivity index (χ4v) is 7.07. The van der Waals surface area contributed by atoms with Gasteiger partial charge in [0, 0.05) is 24.2 Å². The van der Waals surface area contributed by atoms with Gasteiger partial charge in [-0.2, -0.15) is 9.78 Å². The topological polar surface area (TPSA) is 106 Å². The number of piperidine rings is 2. The normalized spacial score (nSPS) is 25.9. The van der Waals surface area contributed by atoms with Crippen LogP contribution in [0.2, 0.25) is 0 Å². The lowest BCUT2D eigenvalue weighted by molar-refractivity contribution is -0.0247. The fourth-order valence-electron chi connectivity index (χ4n) is 7.07. The first kappa shape index (κ1) is 23.3. The van der Waals surface area contributed by atoms with Crippen LogP contribution in [0.4, 0.5) is 0 Å². The molecule has 1 aliphatic carbocycles. The standard InChI is InChI=1S/C27H34N6O3/c34-24-17-28-33(27(36)30-24)25-26(35)32(23-14-7-6-13-22(23)29-25)21-15-19-11-8-12-20(16-21)31(19)18-9-4-2-1-3-5-10-18/h6-7,13-14,17-21H,1-5,8-12,15-16H2,(H,30,34,36). The third-order valence-corrected chi connectivity index (χ3v) is 8.56. The summed E-state index contributed by atoms with van der Waals surface area (Å²) in [4.78, 5) is 47.5. The van der Waals surface area contributed by atoms with Crippen molar-refractivity contribution in [3.63, 3.8) is 0 Å². The monoisotopic (exact) mass is 490 g/mol. The van der Waals surface area contributed by atoms with Crippen LogP contribution in [-0.2, 0) is 0 Å². The summed E-state index contributed by atoms with van der Waals surface area (Å²) in [5.74, 6) is -0.0671. The molecule has 9 nitrogen and oxygen atoms in total. The number of para-hydroxylation sites is 2. The Bertz CT molecular complexity index is 1400. The molecule has 3 aliphatic rings. The maximum absolute atomic E-state index is 13.9. The Kier molecular flexibility index (Phi) is 6.33. The van der Waals surface area contributed by atoms with Crippen LogP contribution < -0.4 is 16.8 Å². The third-order valence-electron chi connectivity index (χ3n) is 8.56. The number of fused-ring (bicyclic) bond motifs is 3. The Hall–Kier alpha value is -3.07. The summed E-state index contributed by atoms with van der Waals surface area (Å²) in [6.07, 6.45) is 15.7. The second-order valence-electron chi connectivity index (χ2n) is 10.8. The van der Waals surface area contributed by atoms with E-state index in [4.69, 9.17) is 0 Å². The van der Waals surface area contributed by atoms with Gasteiger partial charge in [0.05, 0.1) is 11.0 Å². The molecule has 4 heterocycles. The number of rotatable bonds is 3. The van der Waals surface area contributed by atoms with Crippen molar-refractivity contribution in [1.29, 1.82) is 0 Å². The van der Waals surface area contributed by atoms with Gasteiger partial charge >= 0.3 is 5.69 Å². The van der Waals surface area contributed by atoms with Gasteiger partial charge in [-0.3, -0.25) is 19.5 Å². The highest BCUT2D eigenvalue weighted by Gasteiger charge is 2.42. The lowest BCUT2D eigenvalue weighted by atomic mass is 9.79.